The lowest BCUT2D eigenvalue weighted by atomic mass is 9.54. The monoisotopic (exact) mass is 314 g/mol. The fourth-order valence-electron chi connectivity index (χ4n) is 6.52. The van der Waals surface area contributed by atoms with E-state index in [2.05, 4.69) is 25.1 Å². The van der Waals surface area contributed by atoms with Gasteiger partial charge in [-0.25, -0.2) is 0 Å². The van der Waals surface area contributed by atoms with Crippen molar-refractivity contribution >= 4 is 0 Å². The van der Waals surface area contributed by atoms with Gasteiger partial charge in [0.2, 0.25) is 0 Å². The number of benzene rings is 1. The lowest BCUT2D eigenvalue weighted by molar-refractivity contribution is -0.0180. The van der Waals surface area contributed by atoms with Gasteiger partial charge in [-0.2, -0.15) is 0 Å². The number of fused-ring (bicyclic) bond motifs is 5. The van der Waals surface area contributed by atoms with E-state index in [4.69, 9.17) is 4.74 Å². The van der Waals surface area contributed by atoms with Crippen molar-refractivity contribution in [3.05, 3.63) is 29.3 Å². The van der Waals surface area contributed by atoms with Crippen molar-refractivity contribution < 1.29 is 9.84 Å². The van der Waals surface area contributed by atoms with E-state index >= 15 is 0 Å². The SMILES string of the molecule is COc1ccc2c(c1)CC[C@@H]1[C@@H]2CC[C@@]2(C)[C@@H]1CC[C@H]2[C@H](C)O. The zero-order valence-corrected chi connectivity index (χ0v) is 14.7. The minimum absolute atomic E-state index is 0.151. The molecule has 2 nitrogen and oxygen atoms in total. The van der Waals surface area contributed by atoms with Crippen LogP contribution in [-0.4, -0.2) is 18.3 Å². The molecule has 2 saturated carbocycles. The molecule has 0 aromatic heterocycles. The average Bonchev–Trinajstić information content (AvgIpc) is 2.91. The largest absolute Gasteiger partial charge is 0.497 e. The lowest BCUT2D eigenvalue weighted by Gasteiger charge is -2.51. The Morgan fingerprint density at radius 1 is 1.22 bits per heavy atom. The summed E-state index contributed by atoms with van der Waals surface area (Å²) in [6, 6.07) is 6.73. The number of rotatable bonds is 2. The van der Waals surface area contributed by atoms with Crippen LogP contribution in [-0.2, 0) is 6.42 Å². The Kier molecular flexibility index (Phi) is 3.72. The van der Waals surface area contributed by atoms with Crippen LogP contribution in [0.4, 0.5) is 0 Å². The van der Waals surface area contributed by atoms with E-state index in [0.29, 0.717) is 11.3 Å². The summed E-state index contributed by atoms with van der Waals surface area (Å²) in [5, 5.41) is 10.3. The fraction of sp³-hybridized carbons (Fsp3) is 0.714. The molecule has 0 saturated heterocycles. The zero-order valence-electron chi connectivity index (χ0n) is 14.7. The van der Waals surface area contributed by atoms with Gasteiger partial charge in [-0.3, -0.25) is 0 Å². The molecule has 126 valence electrons. The molecule has 3 aliphatic carbocycles. The Morgan fingerprint density at radius 3 is 2.78 bits per heavy atom. The maximum Gasteiger partial charge on any atom is 0.119 e. The third-order valence-corrected chi connectivity index (χ3v) is 7.59. The summed E-state index contributed by atoms with van der Waals surface area (Å²) >= 11 is 0. The number of ether oxygens (including phenoxy) is 1. The summed E-state index contributed by atoms with van der Waals surface area (Å²) in [5.74, 6) is 3.86. The van der Waals surface area contributed by atoms with Gasteiger partial charge in [-0.15, -0.1) is 0 Å². The predicted octanol–water partition coefficient (Wildman–Crippen LogP) is 4.55. The third kappa shape index (κ3) is 2.25. The highest BCUT2D eigenvalue weighted by Crippen LogP contribution is 2.63. The van der Waals surface area contributed by atoms with Crippen molar-refractivity contribution in [2.75, 3.05) is 7.11 Å². The standard InChI is InChI=1S/C21H30O2/c1-13(22)19-8-9-20-18-6-4-14-12-15(23-3)5-7-16(14)17(18)10-11-21(19,20)2/h5,7,12-13,17-20,22H,4,6,8-11H2,1-3H3/t13-,17+,18+,19-,20+,21+/m0/s1. The van der Waals surface area contributed by atoms with Gasteiger partial charge in [0.05, 0.1) is 13.2 Å². The van der Waals surface area contributed by atoms with Crippen molar-refractivity contribution in [2.24, 2.45) is 23.2 Å². The molecule has 2 fully saturated rings. The van der Waals surface area contributed by atoms with Crippen LogP contribution in [0.25, 0.3) is 0 Å². The minimum atomic E-state index is -0.151. The molecule has 2 heteroatoms. The van der Waals surface area contributed by atoms with Gasteiger partial charge < -0.3 is 9.84 Å². The molecule has 23 heavy (non-hydrogen) atoms. The highest BCUT2D eigenvalue weighted by atomic mass is 16.5. The van der Waals surface area contributed by atoms with Gasteiger partial charge in [0, 0.05) is 0 Å². The zero-order chi connectivity index (χ0) is 16.2. The maximum atomic E-state index is 10.3. The Bertz CT molecular complexity index is 594. The molecule has 0 heterocycles. The van der Waals surface area contributed by atoms with E-state index < -0.39 is 0 Å². The number of aliphatic hydroxyl groups is 1. The Morgan fingerprint density at radius 2 is 2.04 bits per heavy atom. The number of aliphatic hydroxyl groups excluding tert-OH is 1. The van der Waals surface area contributed by atoms with E-state index in [9.17, 15) is 5.11 Å². The molecule has 4 rings (SSSR count). The van der Waals surface area contributed by atoms with Crippen LogP contribution >= 0.6 is 0 Å². The Labute approximate surface area is 140 Å². The predicted molar refractivity (Wildman–Crippen MR) is 92.8 cm³/mol. The molecular formula is C21H30O2. The summed E-state index contributed by atoms with van der Waals surface area (Å²) in [7, 11) is 1.76. The second-order valence-corrected chi connectivity index (χ2v) is 8.45. The number of hydrogen-bond acceptors (Lipinski definition) is 2. The summed E-state index contributed by atoms with van der Waals surface area (Å²) in [6.45, 7) is 4.48. The summed E-state index contributed by atoms with van der Waals surface area (Å²) in [6.07, 6.45) is 7.47. The van der Waals surface area contributed by atoms with E-state index in [0.717, 1.165) is 23.5 Å². The number of hydrogen-bond donors (Lipinski definition) is 1. The van der Waals surface area contributed by atoms with E-state index in [-0.39, 0.29) is 6.10 Å². The molecule has 1 N–H and O–H groups in total. The van der Waals surface area contributed by atoms with Gasteiger partial charge in [0.1, 0.15) is 5.75 Å². The Hall–Kier alpha value is -1.02. The summed E-state index contributed by atoms with van der Waals surface area (Å²) in [4.78, 5) is 0. The van der Waals surface area contributed by atoms with Crippen molar-refractivity contribution in [1.82, 2.24) is 0 Å². The van der Waals surface area contributed by atoms with Crippen LogP contribution < -0.4 is 4.74 Å². The number of aryl methyl sites for hydroxylation is 1. The average molecular weight is 314 g/mol. The maximum absolute atomic E-state index is 10.3. The van der Waals surface area contributed by atoms with Crippen LogP contribution in [0, 0.1) is 23.2 Å². The molecular weight excluding hydrogens is 284 g/mol. The van der Waals surface area contributed by atoms with Crippen LogP contribution in [0.3, 0.4) is 0 Å². The topological polar surface area (TPSA) is 29.5 Å². The first-order valence-corrected chi connectivity index (χ1v) is 9.39. The van der Waals surface area contributed by atoms with Crippen LogP contribution in [0.15, 0.2) is 18.2 Å². The van der Waals surface area contributed by atoms with E-state index in [1.54, 1.807) is 12.7 Å². The second kappa shape index (κ2) is 5.51. The molecule has 0 unspecified atom stereocenters. The first kappa shape index (κ1) is 15.5. The van der Waals surface area contributed by atoms with Gasteiger partial charge in [-0.1, -0.05) is 13.0 Å². The number of methoxy groups -OCH3 is 1. The van der Waals surface area contributed by atoms with E-state index in [1.807, 2.05) is 6.92 Å². The molecule has 3 aliphatic rings. The van der Waals surface area contributed by atoms with Crippen molar-refractivity contribution in [2.45, 2.75) is 64.4 Å². The second-order valence-electron chi connectivity index (χ2n) is 8.45. The van der Waals surface area contributed by atoms with Crippen molar-refractivity contribution in [1.29, 1.82) is 0 Å². The molecule has 0 amide bonds. The molecule has 0 aliphatic heterocycles. The van der Waals surface area contributed by atoms with E-state index in [1.165, 1.54) is 44.1 Å². The first-order chi connectivity index (χ1) is 11.0. The Balaban J connectivity index is 1.65. The molecule has 0 bridgehead atoms. The molecule has 1 aromatic rings. The molecule has 1 aromatic carbocycles. The first-order valence-electron chi connectivity index (χ1n) is 9.39. The normalized spacial score (nSPS) is 40.0. The molecule has 6 atom stereocenters. The fourth-order valence-corrected chi connectivity index (χ4v) is 6.52. The third-order valence-electron chi connectivity index (χ3n) is 7.59. The van der Waals surface area contributed by atoms with Gasteiger partial charge in [-0.05, 0) is 97.8 Å². The molecule has 0 radical (unpaired) electrons. The van der Waals surface area contributed by atoms with Crippen molar-refractivity contribution in [3.8, 4) is 5.75 Å². The highest BCUT2D eigenvalue weighted by Gasteiger charge is 2.55. The summed E-state index contributed by atoms with van der Waals surface area (Å²) < 4.78 is 5.41. The van der Waals surface area contributed by atoms with Crippen LogP contribution in [0.5, 0.6) is 5.75 Å². The van der Waals surface area contributed by atoms with Crippen molar-refractivity contribution in [3.63, 3.8) is 0 Å². The van der Waals surface area contributed by atoms with Gasteiger partial charge in [0.15, 0.2) is 0 Å². The van der Waals surface area contributed by atoms with Crippen LogP contribution in [0.2, 0.25) is 0 Å². The van der Waals surface area contributed by atoms with Gasteiger partial charge >= 0.3 is 0 Å². The highest BCUT2D eigenvalue weighted by molar-refractivity contribution is 5.40. The lowest BCUT2D eigenvalue weighted by Crippen LogP contribution is -2.44. The van der Waals surface area contributed by atoms with Gasteiger partial charge in [0.25, 0.3) is 0 Å². The summed E-state index contributed by atoms with van der Waals surface area (Å²) in [5.41, 5.74) is 3.46. The molecule has 0 spiro atoms. The van der Waals surface area contributed by atoms with Crippen LogP contribution in [0.1, 0.15) is 63.0 Å². The minimum Gasteiger partial charge on any atom is -0.497 e. The smallest absolute Gasteiger partial charge is 0.119 e. The quantitative estimate of drug-likeness (QED) is 0.868.